The predicted octanol–water partition coefficient (Wildman–Crippen LogP) is 2.80. The minimum absolute atomic E-state index is 0.296. The predicted molar refractivity (Wildman–Crippen MR) is 106 cm³/mol. The number of hydrogen-bond acceptors (Lipinski definition) is 5. The molecule has 7 nitrogen and oxygen atoms in total. The molecule has 0 fully saturated rings. The van der Waals surface area contributed by atoms with Crippen LogP contribution in [0, 0.1) is 0 Å². The number of carboxylic acids is 2. The first-order valence-corrected chi connectivity index (χ1v) is 9.59. The fraction of sp³-hybridized carbons (Fsp3) is 0.579. The third-order valence-corrected chi connectivity index (χ3v) is 4.25. The van der Waals surface area contributed by atoms with Gasteiger partial charge in [0.2, 0.25) is 0 Å². The standard InChI is InChI=1S/C15H23ClN2O.C4H6O4/c1-2-10-19-11-9-18-15-13-6-8-17-7-5-12(13)3-4-14(15)16;5-3(6)1-2-4(7)8/h3-4,17-18H,2,5-11H2,1H3;1-2H2,(H,5,6)(H,7,8). The lowest BCUT2D eigenvalue weighted by atomic mass is 10.0. The van der Waals surface area contributed by atoms with Crippen LogP contribution in [0.5, 0.6) is 0 Å². The zero-order valence-electron chi connectivity index (χ0n) is 15.7. The molecule has 0 aliphatic carbocycles. The van der Waals surface area contributed by atoms with Crippen molar-refractivity contribution in [1.29, 1.82) is 0 Å². The van der Waals surface area contributed by atoms with Crippen LogP contribution in [0.3, 0.4) is 0 Å². The highest BCUT2D eigenvalue weighted by Gasteiger charge is 2.14. The van der Waals surface area contributed by atoms with Gasteiger partial charge in [-0.15, -0.1) is 0 Å². The van der Waals surface area contributed by atoms with E-state index in [1.807, 2.05) is 6.07 Å². The summed E-state index contributed by atoms with van der Waals surface area (Å²) in [7, 11) is 0. The molecule has 1 heterocycles. The fourth-order valence-corrected chi connectivity index (χ4v) is 2.89. The van der Waals surface area contributed by atoms with Crippen LogP contribution in [0.4, 0.5) is 5.69 Å². The van der Waals surface area contributed by atoms with Crippen LogP contribution in [-0.2, 0) is 27.2 Å². The second-order valence-electron chi connectivity index (χ2n) is 6.14. The molecule has 0 bridgehead atoms. The Balaban J connectivity index is 0.000000387. The lowest BCUT2D eigenvalue weighted by molar-refractivity contribution is -0.143. The molecule has 1 aliphatic heterocycles. The van der Waals surface area contributed by atoms with Gasteiger partial charge >= 0.3 is 11.9 Å². The first kappa shape index (κ1) is 23.2. The smallest absolute Gasteiger partial charge is 0.303 e. The number of rotatable bonds is 9. The number of carboxylic acid groups (broad SMARTS) is 2. The van der Waals surface area contributed by atoms with Crippen molar-refractivity contribution >= 4 is 29.2 Å². The van der Waals surface area contributed by atoms with Crippen molar-refractivity contribution in [3.63, 3.8) is 0 Å². The van der Waals surface area contributed by atoms with Gasteiger partial charge in [0, 0.05) is 13.2 Å². The van der Waals surface area contributed by atoms with Gasteiger partial charge in [-0.05, 0) is 49.5 Å². The molecule has 8 heteroatoms. The second-order valence-corrected chi connectivity index (χ2v) is 6.54. The van der Waals surface area contributed by atoms with Crippen LogP contribution in [0.25, 0.3) is 0 Å². The van der Waals surface area contributed by atoms with Crippen molar-refractivity contribution in [2.24, 2.45) is 0 Å². The average Bonchev–Trinajstić information content (AvgIpc) is 2.87. The summed E-state index contributed by atoms with van der Waals surface area (Å²) in [5.41, 5.74) is 3.88. The highest BCUT2D eigenvalue weighted by molar-refractivity contribution is 6.33. The number of hydrogen-bond donors (Lipinski definition) is 4. The van der Waals surface area contributed by atoms with Gasteiger partial charge in [0.05, 0.1) is 30.2 Å². The molecule has 0 saturated heterocycles. The van der Waals surface area contributed by atoms with Crippen LogP contribution in [0.1, 0.15) is 37.3 Å². The summed E-state index contributed by atoms with van der Waals surface area (Å²) in [6.45, 7) is 6.55. The van der Waals surface area contributed by atoms with E-state index < -0.39 is 11.9 Å². The SMILES string of the molecule is CCCOCCNc1c(Cl)ccc2c1CCNCC2.O=C(O)CCC(=O)O. The Morgan fingerprint density at radius 2 is 1.81 bits per heavy atom. The molecule has 1 aliphatic rings. The number of ether oxygens (including phenoxy) is 1. The normalized spacial score (nSPS) is 13.0. The Hall–Kier alpha value is -1.83. The van der Waals surface area contributed by atoms with Crippen molar-refractivity contribution in [1.82, 2.24) is 5.32 Å². The summed E-state index contributed by atoms with van der Waals surface area (Å²) >= 11 is 6.33. The average molecular weight is 401 g/mol. The Morgan fingerprint density at radius 1 is 1.15 bits per heavy atom. The second kappa shape index (κ2) is 13.4. The third kappa shape index (κ3) is 9.60. The molecule has 0 atom stereocenters. The van der Waals surface area contributed by atoms with E-state index in [9.17, 15) is 9.59 Å². The van der Waals surface area contributed by atoms with Crippen molar-refractivity contribution in [3.05, 3.63) is 28.3 Å². The van der Waals surface area contributed by atoms with E-state index >= 15 is 0 Å². The summed E-state index contributed by atoms with van der Waals surface area (Å²) < 4.78 is 5.50. The topological polar surface area (TPSA) is 108 Å². The van der Waals surface area contributed by atoms with Gasteiger partial charge < -0.3 is 25.6 Å². The summed E-state index contributed by atoms with van der Waals surface area (Å²) in [4.78, 5) is 19.3. The Bertz CT molecular complexity index is 596. The molecule has 0 spiro atoms. The van der Waals surface area contributed by atoms with Crippen molar-refractivity contribution in [2.75, 3.05) is 38.2 Å². The van der Waals surface area contributed by atoms with Crippen LogP contribution in [-0.4, -0.2) is 55.0 Å². The Labute approximate surface area is 165 Å². The van der Waals surface area contributed by atoms with Gasteiger partial charge in [-0.2, -0.15) is 0 Å². The highest BCUT2D eigenvalue weighted by Crippen LogP contribution is 2.30. The summed E-state index contributed by atoms with van der Waals surface area (Å²) in [5, 5.41) is 23.5. The summed E-state index contributed by atoms with van der Waals surface area (Å²) in [6.07, 6.45) is 2.58. The Kier molecular flexibility index (Phi) is 11.5. The lowest BCUT2D eigenvalue weighted by Crippen LogP contribution is -2.16. The molecule has 1 aromatic rings. The maximum Gasteiger partial charge on any atom is 0.303 e. The van der Waals surface area contributed by atoms with Crippen LogP contribution in [0.2, 0.25) is 5.02 Å². The van der Waals surface area contributed by atoms with Gasteiger partial charge in [0.15, 0.2) is 0 Å². The lowest BCUT2D eigenvalue weighted by Gasteiger charge is -2.16. The largest absolute Gasteiger partial charge is 0.481 e. The summed E-state index contributed by atoms with van der Waals surface area (Å²) in [5.74, 6) is -2.15. The summed E-state index contributed by atoms with van der Waals surface area (Å²) in [6, 6.07) is 4.16. The van der Waals surface area contributed by atoms with Crippen LogP contribution < -0.4 is 10.6 Å². The van der Waals surface area contributed by atoms with Crippen LogP contribution in [0.15, 0.2) is 12.1 Å². The van der Waals surface area contributed by atoms with Gasteiger partial charge in [-0.1, -0.05) is 24.6 Å². The molecule has 1 aromatic carbocycles. The molecule has 0 aromatic heterocycles. The van der Waals surface area contributed by atoms with Gasteiger partial charge in [0.1, 0.15) is 0 Å². The quantitative estimate of drug-likeness (QED) is 0.472. The van der Waals surface area contributed by atoms with Crippen molar-refractivity contribution in [3.8, 4) is 0 Å². The molecule has 0 radical (unpaired) electrons. The van der Waals surface area contributed by atoms with Gasteiger partial charge in [0.25, 0.3) is 0 Å². The van der Waals surface area contributed by atoms with E-state index in [1.165, 1.54) is 11.1 Å². The molecule has 0 saturated carbocycles. The minimum atomic E-state index is -1.08. The molecule has 2 rings (SSSR count). The maximum absolute atomic E-state index is 9.64. The van der Waals surface area contributed by atoms with Crippen molar-refractivity contribution < 1.29 is 24.5 Å². The zero-order chi connectivity index (χ0) is 20.1. The maximum atomic E-state index is 9.64. The first-order valence-electron chi connectivity index (χ1n) is 9.21. The molecule has 152 valence electrons. The highest BCUT2D eigenvalue weighted by atomic mass is 35.5. The monoisotopic (exact) mass is 400 g/mol. The first-order chi connectivity index (χ1) is 13.0. The molecule has 4 N–H and O–H groups in total. The molecule has 0 amide bonds. The van der Waals surface area contributed by atoms with E-state index in [4.69, 9.17) is 26.6 Å². The molecular weight excluding hydrogens is 372 g/mol. The number of nitrogens with one attached hydrogen (secondary N) is 2. The number of halogens is 1. The van der Waals surface area contributed by atoms with E-state index in [0.717, 1.165) is 62.8 Å². The third-order valence-electron chi connectivity index (χ3n) is 3.93. The zero-order valence-corrected chi connectivity index (χ0v) is 16.5. The number of anilines is 1. The van der Waals surface area contributed by atoms with Gasteiger partial charge in [-0.25, -0.2) is 0 Å². The van der Waals surface area contributed by atoms with E-state index in [0.29, 0.717) is 0 Å². The van der Waals surface area contributed by atoms with E-state index in [1.54, 1.807) is 0 Å². The Morgan fingerprint density at radius 3 is 2.44 bits per heavy atom. The number of benzene rings is 1. The molecular formula is C19H29ClN2O5. The fourth-order valence-electron chi connectivity index (χ4n) is 2.64. The van der Waals surface area contributed by atoms with Crippen LogP contribution >= 0.6 is 11.6 Å². The van der Waals surface area contributed by atoms with Gasteiger partial charge in [-0.3, -0.25) is 9.59 Å². The molecule has 0 unspecified atom stereocenters. The minimum Gasteiger partial charge on any atom is -0.481 e. The van der Waals surface area contributed by atoms with E-state index in [-0.39, 0.29) is 12.8 Å². The number of aliphatic carboxylic acids is 2. The number of carbonyl (C=O) groups is 2. The van der Waals surface area contributed by atoms with E-state index in [2.05, 4.69) is 23.6 Å². The number of fused-ring (bicyclic) bond motifs is 1. The van der Waals surface area contributed by atoms with Crippen molar-refractivity contribution in [2.45, 2.75) is 39.0 Å². The molecule has 27 heavy (non-hydrogen) atoms.